The van der Waals surface area contributed by atoms with Gasteiger partial charge in [-0.25, -0.2) is 27.9 Å². The van der Waals surface area contributed by atoms with Gasteiger partial charge in [-0.2, -0.15) is 0 Å². The average Bonchev–Trinajstić information content (AvgIpc) is 3.77. The van der Waals surface area contributed by atoms with Gasteiger partial charge in [0.25, 0.3) is 5.91 Å². The van der Waals surface area contributed by atoms with Crippen molar-refractivity contribution < 1.29 is 27.5 Å². The third-order valence-electron chi connectivity index (χ3n) is 9.32. The smallest absolute Gasteiger partial charge is 0.407 e. The quantitative estimate of drug-likeness (QED) is 0.200. The molecule has 2 aromatic carbocycles. The lowest BCUT2D eigenvalue weighted by Gasteiger charge is -2.30. The zero-order valence-electron chi connectivity index (χ0n) is 30.0. The molecule has 2 aromatic heterocycles. The molecule has 51 heavy (non-hydrogen) atoms. The van der Waals surface area contributed by atoms with Crippen LogP contribution in [0.15, 0.2) is 73.6 Å². The molecule has 2 amide bonds. The van der Waals surface area contributed by atoms with Crippen LogP contribution in [0.2, 0.25) is 0 Å². The fraction of sp³-hybridized carbons (Fsp3) is 0.487. The molecule has 2 heterocycles. The van der Waals surface area contributed by atoms with Gasteiger partial charge in [-0.15, -0.1) is 0 Å². The van der Waals surface area contributed by atoms with Gasteiger partial charge >= 0.3 is 6.09 Å². The molecule has 2 aliphatic carbocycles. The van der Waals surface area contributed by atoms with Crippen LogP contribution >= 0.6 is 0 Å². The number of carbonyl (C=O) groups excluding carboxylic acids is 2. The van der Waals surface area contributed by atoms with E-state index in [2.05, 4.69) is 29.7 Å². The minimum atomic E-state index is -1.84. The van der Waals surface area contributed by atoms with Gasteiger partial charge in [0.2, 0.25) is 0 Å². The first-order chi connectivity index (χ1) is 24.1. The zero-order valence-corrected chi connectivity index (χ0v) is 30.0. The number of carbonyl (C=O) groups is 2. The highest BCUT2D eigenvalue weighted by Gasteiger charge is 2.31. The fourth-order valence-electron chi connectivity index (χ4n) is 6.48. The third kappa shape index (κ3) is 10.9. The van der Waals surface area contributed by atoms with Crippen molar-refractivity contribution in [2.45, 2.75) is 121 Å². The zero-order chi connectivity index (χ0) is 36.8. The number of benzene rings is 2. The number of amides is 2. The van der Waals surface area contributed by atoms with Crippen molar-refractivity contribution in [3.8, 4) is 22.5 Å². The minimum absolute atomic E-state index is 0.0267. The molecule has 0 unspecified atom stereocenters. The van der Waals surface area contributed by atoms with Crippen LogP contribution in [0.5, 0.6) is 0 Å². The maximum atomic E-state index is 13.6. The van der Waals surface area contributed by atoms with E-state index in [1.54, 1.807) is 30.6 Å². The van der Waals surface area contributed by atoms with Crippen molar-refractivity contribution in [1.82, 2.24) is 29.7 Å². The summed E-state index contributed by atoms with van der Waals surface area (Å²) in [5.74, 6) is -1.05. The third-order valence-corrected chi connectivity index (χ3v) is 9.32. The second kappa shape index (κ2) is 16.2. The van der Waals surface area contributed by atoms with E-state index in [0.717, 1.165) is 73.9 Å². The van der Waals surface area contributed by atoms with Gasteiger partial charge in [0.05, 0.1) is 24.0 Å². The van der Waals surface area contributed by atoms with Crippen molar-refractivity contribution in [1.29, 1.82) is 0 Å². The van der Waals surface area contributed by atoms with Crippen molar-refractivity contribution in [2.24, 2.45) is 0 Å². The van der Waals surface area contributed by atoms with Crippen LogP contribution in [0.3, 0.4) is 0 Å². The number of alkyl carbamates (subject to hydrolysis) is 1. The number of halogens is 3. The van der Waals surface area contributed by atoms with E-state index in [1.807, 2.05) is 39.5 Å². The predicted octanol–water partition coefficient (Wildman–Crippen LogP) is 8.73. The Kier molecular flexibility index (Phi) is 11.9. The van der Waals surface area contributed by atoms with Crippen molar-refractivity contribution in [3.63, 3.8) is 0 Å². The van der Waals surface area contributed by atoms with Gasteiger partial charge in [0.1, 0.15) is 17.2 Å². The Morgan fingerprint density at radius 3 is 1.43 bits per heavy atom. The monoisotopic (exact) mass is 706 g/mol. The number of nitrogens with zero attached hydrogens (tertiary/aromatic N) is 4. The summed E-state index contributed by atoms with van der Waals surface area (Å²) in [6, 6.07) is 13.5. The van der Waals surface area contributed by atoms with Gasteiger partial charge < -0.3 is 24.5 Å². The summed E-state index contributed by atoms with van der Waals surface area (Å²) >= 11 is 0. The predicted molar refractivity (Wildman–Crippen MR) is 191 cm³/mol. The lowest BCUT2D eigenvalue weighted by Crippen LogP contribution is -2.45. The van der Waals surface area contributed by atoms with E-state index in [0.29, 0.717) is 12.1 Å². The van der Waals surface area contributed by atoms with Gasteiger partial charge in [0.15, 0.2) is 5.67 Å². The van der Waals surface area contributed by atoms with E-state index in [9.17, 15) is 22.8 Å². The molecule has 2 N–H and O–H groups in total. The molecular weight excluding hydrogens is 657 g/mol. The topological polar surface area (TPSA) is 103 Å². The molecule has 274 valence electrons. The lowest BCUT2D eigenvalue weighted by atomic mass is 9.90. The summed E-state index contributed by atoms with van der Waals surface area (Å²) in [5, 5.41) is 5.76. The number of hydrogen-bond acceptors (Lipinski definition) is 5. The molecule has 0 atom stereocenters. The minimum Gasteiger partial charge on any atom is -0.444 e. The standard InChI is InChI=1S/C20H26FN3O2.C19H23F2N3O/c1-20(2,3)26-19(25)23-16-8-10-17(11-9-16)24-12-18(22-13-24)14-4-6-15(21)7-5-14;1-19(2,21)18(25)23-15-7-9-16(10-8-15)24-11-17(22-12-24)13-3-5-14(20)6-4-13/h4-7,12-13,16-17H,8-11H2,1-3H3,(H,23,25);3-6,11-12,15-16H,7-10H2,1-2H3,(H,23,25). The first-order valence-corrected chi connectivity index (χ1v) is 17.7. The number of ether oxygens (including phenoxy) is 1. The summed E-state index contributed by atoms with van der Waals surface area (Å²) < 4.78 is 49.2. The number of imidazole rings is 2. The maximum absolute atomic E-state index is 13.6. The summed E-state index contributed by atoms with van der Waals surface area (Å²) in [4.78, 5) is 32.5. The van der Waals surface area contributed by atoms with Crippen LogP contribution in [0, 0.1) is 11.6 Å². The summed E-state index contributed by atoms with van der Waals surface area (Å²) in [6.45, 7) is 8.14. The number of alkyl halides is 1. The lowest BCUT2D eigenvalue weighted by molar-refractivity contribution is -0.131. The van der Waals surface area contributed by atoms with E-state index < -0.39 is 17.2 Å². The van der Waals surface area contributed by atoms with Crippen LogP contribution in [0.4, 0.5) is 18.0 Å². The molecule has 0 bridgehead atoms. The van der Waals surface area contributed by atoms with Gasteiger partial charge in [-0.3, -0.25) is 4.79 Å². The largest absolute Gasteiger partial charge is 0.444 e. The van der Waals surface area contributed by atoms with Crippen LogP contribution in [-0.2, 0) is 9.53 Å². The van der Waals surface area contributed by atoms with Gasteiger partial charge in [0, 0.05) is 47.7 Å². The van der Waals surface area contributed by atoms with Gasteiger partial charge in [-0.05, 0) is 135 Å². The first kappa shape index (κ1) is 37.6. The van der Waals surface area contributed by atoms with E-state index >= 15 is 0 Å². The molecule has 2 fully saturated rings. The van der Waals surface area contributed by atoms with Crippen LogP contribution in [-0.4, -0.2) is 54.5 Å². The molecule has 0 aliphatic heterocycles. The highest BCUT2D eigenvalue weighted by molar-refractivity contribution is 5.84. The second-order valence-electron chi connectivity index (χ2n) is 15.0. The number of nitrogens with one attached hydrogen (secondary N) is 2. The average molecular weight is 707 g/mol. The molecule has 6 rings (SSSR count). The van der Waals surface area contributed by atoms with Gasteiger partial charge in [-0.1, -0.05) is 0 Å². The Labute approximate surface area is 298 Å². The summed E-state index contributed by atoms with van der Waals surface area (Å²) in [5.41, 5.74) is 1.13. The molecular formula is C39H49F3N6O3. The molecule has 4 aromatic rings. The van der Waals surface area contributed by atoms with E-state index in [1.165, 1.54) is 38.1 Å². The molecule has 0 saturated heterocycles. The number of hydrogen-bond donors (Lipinski definition) is 2. The van der Waals surface area contributed by atoms with Crippen molar-refractivity contribution in [2.75, 3.05) is 0 Å². The van der Waals surface area contributed by atoms with Crippen LogP contribution in [0.1, 0.15) is 98.1 Å². The van der Waals surface area contributed by atoms with E-state index in [4.69, 9.17) is 4.74 Å². The van der Waals surface area contributed by atoms with Crippen molar-refractivity contribution in [3.05, 3.63) is 85.2 Å². The highest BCUT2D eigenvalue weighted by Crippen LogP contribution is 2.32. The van der Waals surface area contributed by atoms with Crippen molar-refractivity contribution >= 4 is 12.0 Å². The number of rotatable bonds is 7. The highest BCUT2D eigenvalue weighted by atomic mass is 19.1. The molecule has 0 radical (unpaired) electrons. The maximum Gasteiger partial charge on any atom is 0.407 e. The van der Waals surface area contributed by atoms with Crippen LogP contribution in [0.25, 0.3) is 22.5 Å². The Balaban J connectivity index is 0.000000198. The Morgan fingerprint density at radius 2 is 1.06 bits per heavy atom. The molecule has 9 nitrogen and oxygen atoms in total. The second-order valence-corrected chi connectivity index (χ2v) is 15.0. The Hall–Kier alpha value is -4.61. The Morgan fingerprint density at radius 1 is 0.667 bits per heavy atom. The van der Waals surface area contributed by atoms with E-state index in [-0.39, 0.29) is 29.8 Å². The number of aromatic nitrogens is 4. The SMILES string of the molecule is CC(C)(C)OC(=O)NC1CCC(n2cnc(-c3ccc(F)cc3)c2)CC1.CC(C)(F)C(=O)NC1CCC(n2cnc(-c3ccc(F)cc3)c2)CC1. The molecule has 2 saturated carbocycles. The fourth-order valence-corrected chi connectivity index (χ4v) is 6.48. The normalized spacial score (nSPS) is 20.9. The summed E-state index contributed by atoms with van der Waals surface area (Å²) in [7, 11) is 0. The molecule has 2 aliphatic rings. The molecule has 0 spiro atoms. The van der Waals surface area contributed by atoms with Crippen LogP contribution < -0.4 is 10.6 Å². The Bertz CT molecular complexity index is 1730. The molecule has 12 heteroatoms. The first-order valence-electron chi connectivity index (χ1n) is 17.7. The summed E-state index contributed by atoms with van der Waals surface area (Å²) in [6.07, 6.45) is 14.5.